The number of nitrogens with one attached hydrogen (secondary N) is 1. The first kappa shape index (κ1) is 14.4. The Hall–Kier alpha value is -1.59. The van der Waals surface area contributed by atoms with Gasteiger partial charge >= 0.3 is 0 Å². The summed E-state index contributed by atoms with van der Waals surface area (Å²) in [6.45, 7) is 7.14. The SMILES string of the molecule is CCNc1nc(Sc2cc(C)ccc2C)c2ccsc2n1. The van der Waals surface area contributed by atoms with Crippen molar-refractivity contribution in [1.82, 2.24) is 9.97 Å². The summed E-state index contributed by atoms with van der Waals surface area (Å²) in [6.07, 6.45) is 0. The first-order valence-electron chi connectivity index (χ1n) is 6.91. The number of fused-ring (bicyclic) bond motifs is 1. The fraction of sp³-hybridized carbons (Fsp3) is 0.250. The van der Waals surface area contributed by atoms with Crippen LogP contribution >= 0.6 is 23.1 Å². The number of benzene rings is 1. The Morgan fingerprint density at radius 1 is 1.19 bits per heavy atom. The van der Waals surface area contributed by atoms with E-state index < -0.39 is 0 Å². The summed E-state index contributed by atoms with van der Waals surface area (Å²) >= 11 is 3.37. The first-order valence-corrected chi connectivity index (χ1v) is 8.61. The topological polar surface area (TPSA) is 37.8 Å². The molecule has 0 fully saturated rings. The summed E-state index contributed by atoms with van der Waals surface area (Å²) in [7, 11) is 0. The van der Waals surface area contributed by atoms with Crippen LogP contribution in [0.2, 0.25) is 0 Å². The molecule has 1 N–H and O–H groups in total. The zero-order valence-electron chi connectivity index (χ0n) is 12.3. The van der Waals surface area contributed by atoms with E-state index in [4.69, 9.17) is 0 Å². The predicted molar refractivity (Wildman–Crippen MR) is 91.6 cm³/mol. The van der Waals surface area contributed by atoms with E-state index in [0.29, 0.717) is 5.95 Å². The van der Waals surface area contributed by atoms with Crippen LogP contribution in [0.4, 0.5) is 5.95 Å². The van der Waals surface area contributed by atoms with Crippen molar-refractivity contribution in [1.29, 1.82) is 0 Å². The highest BCUT2D eigenvalue weighted by atomic mass is 32.2. The number of rotatable bonds is 4. The lowest BCUT2D eigenvalue weighted by Gasteiger charge is -2.09. The van der Waals surface area contributed by atoms with Crippen LogP contribution in [0.25, 0.3) is 10.2 Å². The Kier molecular flexibility index (Phi) is 4.12. The molecule has 2 heterocycles. The maximum Gasteiger partial charge on any atom is 0.225 e. The van der Waals surface area contributed by atoms with Crippen LogP contribution in [-0.2, 0) is 0 Å². The molecule has 0 spiro atoms. The normalized spacial score (nSPS) is 11.0. The van der Waals surface area contributed by atoms with Crippen LogP contribution in [0, 0.1) is 13.8 Å². The summed E-state index contributed by atoms with van der Waals surface area (Å²) in [5, 5.41) is 7.44. The predicted octanol–water partition coefficient (Wildman–Crippen LogP) is 4.89. The molecular formula is C16H17N3S2. The maximum atomic E-state index is 4.68. The Balaban J connectivity index is 2.06. The molecule has 0 saturated carbocycles. The van der Waals surface area contributed by atoms with Gasteiger partial charge in [0.1, 0.15) is 9.86 Å². The second-order valence-electron chi connectivity index (χ2n) is 4.89. The molecule has 3 rings (SSSR count). The van der Waals surface area contributed by atoms with E-state index in [1.165, 1.54) is 16.0 Å². The van der Waals surface area contributed by atoms with Gasteiger partial charge in [-0.15, -0.1) is 11.3 Å². The smallest absolute Gasteiger partial charge is 0.225 e. The van der Waals surface area contributed by atoms with Crippen LogP contribution in [0.1, 0.15) is 18.1 Å². The summed E-state index contributed by atoms with van der Waals surface area (Å²) in [5.74, 6) is 0.709. The average molecular weight is 315 g/mol. The quantitative estimate of drug-likeness (QED) is 0.696. The van der Waals surface area contributed by atoms with Crippen LogP contribution in [0.15, 0.2) is 39.6 Å². The molecule has 0 bridgehead atoms. The van der Waals surface area contributed by atoms with Crippen molar-refractivity contribution in [2.24, 2.45) is 0 Å². The van der Waals surface area contributed by atoms with E-state index in [1.54, 1.807) is 23.1 Å². The molecule has 2 aromatic heterocycles. The zero-order valence-corrected chi connectivity index (χ0v) is 13.9. The molecule has 21 heavy (non-hydrogen) atoms. The third kappa shape index (κ3) is 3.04. The van der Waals surface area contributed by atoms with Gasteiger partial charge in [-0.2, -0.15) is 0 Å². The molecule has 0 radical (unpaired) electrons. The number of nitrogens with zero attached hydrogens (tertiary/aromatic N) is 2. The van der Waals surface area contributed by atoms with Gasteiger partial charge in [0.25, 0.3) is 0 Å². The van der Waals surface area contributed by atoms with Gasteiger partial charge in [0, 0.05) is 16.8 Å². The van der Waals surface area contributed by atoms with Gasteiger partial charge in [-0.05, 0) is 49.4 Å². The minimum atomic E-state index is 0.709. The minimum absolute atomic E-state index is 0.709. The van der Waals surface area contributed by atoms with Crippen molar-refractivity contribution in [2.45, 2.75) is 30.7 Å². The standard InChI is InChI=1S/C16H17N3S2/c1-4-17-16-18-14-12(7-8-20-14)15(19-16)21-13-9-10(2)5-6-11(13)3/h5-9H,4H2,1-3H3,(H,17,18,19). The molecule has 0 saturated heterocycles. The second-order valence-corrected chi connectivity index (χ2v) is 6.82. The van der Waals surface area contributed by atoms with Gasteiger partial charge in [0.15, 0.2) is 0 Å². The highest BCUT2D eigenvalue weighted by Gasteiger charge is 2.11. The van der Waals surface area contributed by atoms with Crippen LogP contribution in [0.3, 0.4) is 0 Å². The lowest BCUT2D eigenvalue weighted by Crippen LogP contribution is -2.02. The van der Waals surface area contributed by atoms with Crippen LogP contribution < -0.4 is 5.32 Å². The van der Waals surface area contributed by atoms with Crippen molar-refractivity contribution < 1.29 is 0 Å². The van der Waals surface area contributed by atoms with Crippen molar-refractivity contribution in [3.05, 3.63) is 40.8 Å². The lowest BCUT2D eigenvalue weighted by molar-refractivity contribution is 1.05. The summed E-state index contributed by atoms with van der Waals surface area (Å²) in [5.41, 5.74) is 2.54. The largest absolute Gasteiger partial charge is 0.354 e. The van der Waals surface area contributed by atoms with Gasteiger partial charge < -0.3 is 5.32 Å². The molecule has 108 valence electrons. The average Bonchev–Trinajstić information content (AvgIpc) is 2.92. The number of thiophene rings is 1. The maximum absolute atomic E-state index is 4.68. The monoisotopic (exact) mass is 315 g/mol. The molecule has 0 aliphatic heterocycles. The molecule has 0 unspecified atom stereocenters. The third-order valence-electron chi connectivity index (χ3n) is 3.18. The Bertz CT molecular complexity index is 780. The molecular weight excluding hydrogens is 298 g/mol. The van der Waals surface area contributed by atoms with Gasteiger partial charge in [-0.1, -0.05) is 23.9 Å². The Labute approximate surface area is 132 Å². The van der Waals surface area contributed by atoms with Gasteiger partial charge in [-0.25, -0.2) is 9.97 Å². The van der Waals surface area contributed by atoms with E-state index >= 15 is 0 Å². The highest BCUT2D eigenvalue weighted by molar-refractivity contribution is 7.99. The van der Waals surface area contributed by atoms with Crippen molar-refractivity contribution in [3.63, 3.8) is 0 Å². The number of aromatic nitrogens is 2. The molecule has 0 amide bonds. The van der Waals surface area contributed by atoms with E-state index in [1.807, 2.05) is 0 Å². The molecule has 3 nitrogen and oxygen atoms in total. The number of hydrogen-bond donors (Lipinski definition) is 1. The lowest BCUT2D eigenvalue weighted by atomic mass is 10.2. The van der Waals surface area contributed by atoms with Crippen molar-refractivity contribution in [2.75, 3.05) is 11.9 Å². The molecule has 0 aliphatic rings. The molecule has 0 aliphatic carbocycles. The first-order chi connectivity index (χ1) is 10.2. The Morgan fingerprint density at radius 2 is 2.05 bits per heavy atom. The number of hydrogen-bond acceptors (Lipinski definition) is 5. The van der Waals surface area contributed by atoms with E-state index in [-0.39, 0.29) is 0 Å². The molecule has 1 aromatic carbocycles. The Morgan fingerprint density at radius 3 is 2.86 bits per heavy atom. The van der Waals surface area contributed by atoms with E-state index in [2.05, 4.69) is 65.7 Å². The van der Waals surface area contributed by atoms with Crippen LogP contribution in [0.5, 0.6) is 0 Å². The zero-order chi connectivity index (χ0) is 14.8. The van der Waals surface area contributed by atoms with Crippen LogP contribution in [-0.4, -0.2) is 16.5 Å². The number of aryl methyl sites for hydroxylation is 2. The van der Waals surface area contributed by atoms with Gasteiger partial charge in [0.05, 0.1) is 0 Å². The fourth-order valence-corrected chi connectivity index (χ4v) is 3.98. The fourth-order valence-electron chi connectivity index (χ4n) is 2.06. The molecule has 3 aromatic rings. The van der Waals surface area contributed by atoms with Crippen molar-refractivity contribution >= 4 is 39.3 Å². The second kappa shape index (κ2) is 6.03. The third-order valence-corrected chi connectivity index (χ3v) is 5.15. The summed E-state index contributed by atoms with van der Waals surface area (Å²) in [4.78, 5) is 11.5. The highest BCUT2D eigenvalue weighted by Crippen LogP contribution is 2.36. The van der Waals surface area contributed by atoms with Gasteiger partial charge in [0.2, 0.25) is 5.95 Å². The summed E-state index contributed by atoms with van der Waals surface area (Å²) < 4.78 is 0. The number of anilines is 1. The van der Waals surface area contributed by atoms with Gasteiger partial charge in [-0.3, -0.25) is 0 Å². The van der Waals surface area contributed by atoms with Crippen molar-refractivity contribution in [3.8, 4) is 0 Å². The van der Waals surface area contributed by atoms with E-state index in [0.717, 1.165) is 21.8 Å². The summed E-state index contributed by atoms with van der Waals surface area (Å²) in [6, 6.07) is 8.62. The minimum Gasteiger partial charge on any atom is -0.354 e. The molecule has 5 heteroatoms. The molecule has 0 atom stereocenters. The van der Waals surface area contributed by atoms with E-state index in [9.17, 15) is 0 Å².